The molecule has 8 rings (SSSR count). The van der Waals surface area contributed by atoms with Gasteiger partial charge in [0.1, 0.15) is 41.4 Å². The predicted molar refractivity (Wildman–Crippen MR) is 171 cm³/mol. The molecule has 6 heterocycles. The third kappa shape index (κ3) is 5.03. The number of fused-ring (bicyclic) bond motifs is 5. The smallest absolute Gasteiger partial charge is 0.319 e. The summed E-state index contributed by atoms with van der Waals surface area (Å²) in [6.45, 7) is 2.67. The number of alkyl halides is 1. The van der Waals surface area contributed by atoms with E-state index >= 15 is 4.39 Å². The maximum atomic E-state index is 17.1. The Morgan fingerprint density at radius 3 is 2.68 bits per heavy atom. The molecule has 0 saturated carbocycles. The van der Waals surface area contributed by atoms with Crippen molar-refractivity contribution in [1.82, 2.24) is 25.2 Å². The van der Waals surface area contributed by atoms with E-state index < -0.39 is 23.3 Å². The van der Waals surface area contributed by atoms with E-state index in [4.69, 9.17) is 25.9 Å². The SMILES string of the molecule is C#Cc1c(F)ccc2cc(O)cc(-c3nc(COC)c4c(N5CC6CCC(C5)N6)nc(OC[C@@]56CCCN5C[C@H](F)C6)nc4c3F)c12. The van der Waals surface area contributed by atoms with Gasteiger partial charge < -0.3 is 24.8 Å². The summed E-state index contributed by atoms with van der Waals surface area (Å²) >= 11 is 0. The Bertz CT molecular complexity index is 1940. The third-order valence-electron chi connectivity index (χ3n) is 10.3. The minimum atomic E-state index is -0.930. The largest absolute Gasteiger partial charge is 0.508 e. The van der Waals surface area contributed by atoms with Crippen LogP contribution < -0.4 is 15.0 Å². The zero-order valence-corrected chi connectivity index (χ0v) is 26.0. The lowest BCUT2D eigenvalue weighted by molar-refractivity contribution is 0.107. The number of ether oxygens (including phenoxy) is 2. The van der Waals surface area contributed by atoms with Gasteiger partial charge in [0.05, 0.1) is 28.8 Å². The number of phenolic OH excluding ortho intramolecular Hbond substituents is 1. The van der Waals surface area contributed by atoms with Gasteiger partial charge in [0.15, 0.2) is 5.82 Å². The molecular weight excluding hydrogens is 609 g/mol. The number of benzene rings is 2. The summed E-state index contributed by atoms with van der Waals surface area (Å²) in [5.74, 6) is 1.26. The molecule has 4 aliphatic rings. The lowest BCUT2D eigenvalue weighted by atomic mass is 9.95. The van der Waals surface area contributed by atoms with Crippen molar-refractivity contribution >= 4 is 27.5 Å². The van der Waals surface area contributed by atoms with Gasteiger partial charge in [-0.25, -0.2) is 18.2 Å². The molecule has 0 aliphatic carbocycles. The first-order chi connectivity index (χ1) is 22.8. The van der Waals surface area contributed by atoms with Crippen LogP contribution in [0.2, 0.25) is 0 Å². The van der Waals surface area contributed by atoms with Crippen LogP contribution in [0.25, 0.3) is 32.9 Å². The van der Waals surface area contributed by atoms with E-state index in [2.05, 4.69) is 26.0 Å². The molecule has 2 aromatic heterocycles. The maximum Gasteiger partial charge on any atom is 0.319 e. The number of nitrogens with one attached hydrogen (secondary N) is 1. The highest BCUT2D eigenvalue weighted by atomic mass is 19.1. The molecular formula is C35H35F3N6O3. The van der Waals surface area contributed by atoms with Crippen molar-refractivity contribution in [3.63, 3.8) is 0 Å². The molecule has 2 unspecified atom stereocenters. The molecule has 47 heavy (non-hydrogen) atoms. The lowest BCUT2D eigenvalue weighted by Gasteiger charge is -2.35. The molecule has 4 atom stereocenters. The zero-order chi connectivity index (χ0) is 32.4. The van der Waals surface area contributed by atoms with Crippen LogP contribution in [-0.2, 0) is 11.3 Å². The van der Waals surface area contributed by atoms with Crippen LogP contribution in [0, 0.1) is 24.0 Å². The van der Waals surface area contributed by atoms with Crippen LogP contribution in [0.3, 0.4) is 0 Å². The summed E-state index contributed by atoms with van der Waals surface area (Å²) in [6.07, 6.45) is 8.96. The van der Waals surface area contributed by atoms with E-state index in [9.17, 15) is 13.9 Å². The fraction of sp³-hybridized carbons (Fsp3) is 0.457. The van der Waals surface area contributed by atoms with E-state index in [1.807, 2.05) is 0 Å². The van der Waals surface area contributed by atoms with Gasteiger partial charge in [0.2, 0.25) is 0 Å². The van der Waals surface area contributed by atoms with Gasteiger partial charge >= 0.3 is 6.01 Å². The molecule has 0 radical (unpaired) electrons. The topological polar surface area (TPSA) is 95.9 Å². The van der Waals surface area contributed by atoms with E-state index in [0.29, 0.717) is 48.3 Å². The summed E-state index contributed by atoms with van der Waals surface area (Å²) in [5.41, 5.74) is -0.242. The number of nitrogens with zero attached hydrogens (tertiary/aromatic N) is 5. The van der Waals surface area contributed by atoms with Crippen molar-refractivity contribution in [3.8, 4) is 35.4 Å². The van der Waals surface area contributed by atoms with Crippen molar-refractivity contribution < 1.29 is 27.8 Å². The Morgan fingerprint density at radius 1 is 1.11 bits per heavy atom. The first-order valence-corrected chi connectivity index (χ1v) is 16.1. The Kier molecular flexibility index (Phi) is 7.39. The van der Waals surface area contributed by atoms with Crippen molar-refractivity contribution in [2.24, 2.45) is 0 Å². The van der Waals surface area contributed by atoms with Gasteiger partial charge in [-0.1, -0.05) is 12.0 Å². The molecule has 4 saturated heterocycles. The number of rotatable bonds is 7. The Hall–Kier alpha value is -4.18. The second kappa shape index (κ2) is 11.5. The highest BCUT2D eigenvalue weighted by Gasteiger charge is 2.49. The van der Waals surface area contributed by atoms with Crippen LogP contribution in [0.4, 0.5) is 19.0 Å². The zero-order valence-electron chi connectivity index (χ0n) is 26.0. The summed E-state index contributed by atoms with van der Waals surface area (Å²) in [6, 6.07) is 5.95. The van der Waals surface area contributed by atoms with Crippen LogP contribution in [0.15, 0.2) is 24.3 Å². The van der Waals surface area contributed by atoms with Crippen molar-refractivity contribution in [2.45, 2.75) is 62.5 Å². The second-order valence-corrected chi connectivity index (χ2v) is 13.3. The molecule has 0 spiro atoms. The third-order valence-corrected chi connectivity index (χ3v) is 10.3. The molecule has 0 amide bonds. The first kappa shape index (κ1) is 30.2. The summed E-state index contributed by atoms with van der Waals surface area (Å²) in [4.78, 5) is 18.5. The van der Waals surface area contributed by atoms with Gasteiger partial charge in [0, 0.05) is 56.2 Å². The lowest BCUT2D eigenvalue weighted by Crippen LogP contribution is -2.51. The summed E-state index contributed by atoms with van der Waals surface area (Å²) in [5, 5.41) is 15.3. The van der Waals surface area contributed by atoms with E-state index in [1.54, 1.807) is 0 Å². The van der Waals surface area contributed by atoms with Crippen molar-refractivity contribution in [3.05, 3.63) is 47.2 Å². The van der Waals surface area contributed by atoms with Crippen molar-refractivity contribution in [1.29, 1.82) is 0 Å². The van der Waals surface area contributed by atoms with Gasteiger partial charge in [-0.3, -0.25) is 4.90 Å². The average molecular weight is 645 g/mol. The number of hydrogen-bond acceptors (Lipinski definition) is 9. The minimum Gasteiger partial charge on any atom is -0.508 e. The second-order valence-electron chi connectivity index (χ2n) is 13.3. The van der Waals surface area contributed by atoms with Gasteiger partial charge in [-0.05, 0) is 55.8 Å². The predicted octanol–water partition coefficient (Wildman–Crippen LogP) is 4.85. The van der Waals surface area contributed by atoms with Gasteiger partial charge in [-0.15, -0.1) is 6.42 Å². The number of phenols is 1. The standard InChI is InChI=1S/C35H35F3N6O3/c1-3-24-26(37)8-5-19-11-23(45)12-25(28(19)24)31-30(38)32-29(27(40-31)17-46-2)33(43-15-21-6-7-22(16-43)39-21)42-34(41-32)47-18-35-9-4-10-44(35)14-20(36)13-35/h1,5,8,11-12,20-22,39,45H,4,6-7,9-10,13-18H2,2H3/t20-,21?,22?,35+/m1/s1. The number of pyridine rings is 1. The van der Waals surface area contributed by atoms with Crippen LogP contribution >= 0.6 is 0 Å². The molecule has 12 heteroatoms. The number of piperazine rings is 1. The number of terminal acetylenes is 1. The fourth-order valence-corrected chi connectivity index (χ4v) is 8.29. The minimum absolute atomic E-state index is 0.00234. The maximum absolute atomic E-state index is 17.1. The number of halogens is 3. The fourth-order valence-electron chi connectivity index (χ4n) is 8.29. The molecule has 9 nitrogen and oxygen atoms in total. The summed E-state index contributed by atoms with van der Waals surface area (Å²) < 4.78 is 58.5. The van der Waals surface area contributed by atoms with Crippen LogP contribution in [0.5, 0.6) is 11.8 Å². The van der Waals surface area contributed by atoms with E-state index in [1.165, 1.54) is 31.4 Å². The van der Waals surface area contributed by atoms with Crippen LogP contribution in [0.1, 0.15) is 43.4 Å². The first-order valence-electron chi connectivity index (χ1n) is 16.1. The normalized spacial score (nSPS) is 25.5. The molecule has 2 aromatic carbocycles. The Morgan fingerprint density at radius 2 is 1.91 bits per heavy atom. The number of anilines is 1. The number of aromatic hydroxyl groups is 1. The summed E-state index contributed by atoms with van der Waals surface area (Å²) in [7, 11) is 1.52. The number of hydrogen-bond donors (Lipinski definition) is 2. The van der Waals surface area contributed by atoms with Crippen LogP contribution in [-0.4, -0.2) is 88.6 Å². The monoisotopic (exact) mass is 644 g/mol. The Labute approximate surface area is 270 Å². The number of methoxy groups -OCH3 is 1. The van der Waals surface area contributed by atoms with E-state index in [-0.39, 0.29) is 64.8 Å². The molecule has 4 aliphatic heterocycles. The average Bonchev–Trinajstić information content (AvgIpc) is 3.71. The molecule has 4 aromatic rings. The molecule has 4 fully saturated rings. The van der Waals surface area contributed by atoms with Crippen molar-refractivity contribution in [2.75, 3.05) is 44.8 Å². The molecule has 2 N–H and O–H groups in total. The highest BCUT2D eigenvalue weighted by molar-refractivity contribution is 6.03. The van der Waals surface area contributed by atoms with E-state index in [0.717, 1.165) is 32.2 Å². The number of aromatic nitrogens is 3. The highest BCUT2D eigenvalue weighted by Crippen LogP contribution is 2.43. The van der Waals surface area contributed by atoms with Gasteiger partial charge in [0.25, 0.3) is 0 Å². The molecule has 244 valence electrons. The quantitative estimate of drug-likeness (QED) is 0.274. The van der Waals surface area contributed by atoms with Gasteiger partial charge in [-0.2, -0.15) is 9.97 Å². The molecule has 2 bridgehead atoms. The Balaban J connectivity index is 1.33.